The maximum absolute atomic E-state index is 13.0. The second-order valence-electron chi connectivity index (χ2n) is 2.69. The molecule has 15 heavy (non-hydrogen) atoms. The second-order valence-corrected chi connectivity index (χ2v) is 3.05. The Balaban J connectivity index is 3.17. The molecular weight excluding hydrogens is 235 g/mol. The molecule has 0 atom stereocenters. The zero-order chi connectivity index (χ0) is 11.6. The number of carboxylic acids is 1. The van der Waals surface area contributed by atoms with Gasteiger partial charge in [-0.05, 0) is 6.07 Å². The second kappa shape index (κ2) is 4.48. The summed E-state index contributed by atoms with van der Waals surface area (Å²) < 4.78 is 37.5. The Bertz CT molecular complexity index is 398. The Hall–Kier alpha value is -1.30. The summed E-state index contributed by atoms with van der Waals surface area (Å²) >= 11 is 5.25. The number of pyridine rings is 1. The van der Waals surface area contributed by atoms with Gasteiger partial charge in [-0.1, -0.05) is 11.6 Å². The van der Waals surface area contributed by atoms with Crippen LogP contribution in [-0.4, -0.2) is 16.1 Å². The molecular formula is C8H5ClF3NO2. The van der Waals surface area contributed by atoms with E-state index < -0.39 is 41.0 Å². The van der Waals surface area contributed by atoms with Crippen molar-refractivity contribution in [2.45, 2.75) is 12.8 Å². The fraction of sp³-hybridized carbons (Fsp3) is 0.250. The van der Waals surface area contributed by atoms with Gasteiger partial charge < -0.3 is 5.11 Å². The summed E-state index contributed by atoms with van der Waals surface area (Å²) in [5.41, 5.74) is -1.09. The van der Waals surface area contributed by atoms with Crippen LogP contribution in [0.4, 0.5) is 13.2 Å². The average Bonchev–Trinajstić information content (AvgIpc) is 2.08. The van der Waals surface area contributed by atoms with Gasteiger partial charge in [0.2, 0.25) is 5.95 Å². The van der Waals surface area contributed by atoms with Gasteiger partial charge in [-0.2, -0.15) is 4.39 Å². The number of aromatic nitrogens is 1. The molecule has 0 aliphatic heterocycles. The number of hydrogen-bond donors (Lipinski definition) is 1. The first-order valence-corrected chi connectivity index (χ1v) is 4.14. The normalized spacial score (nSPS) is 10.7. The lowest BCUT2D eigenvalue weighted by atomic mass is 10.1. The van der Waals surface area contributed by atoms with Crippen LogP contribution in [-0.2, 0) is 11.2 Å². The standard InChI is InChI=1S/C8H5ClF3NO2/c9-6-4(7(10)11)1-3(2-5(14)15)8(12)13-6/h1,7H,2H2,(H,14,15). The van der Waals surface area contributed by atoms with Crippen molar-refractivity contribution in [1.82, 2.24) is 4.98 Å². The molecule has 0 spiro atoms. The van der Waals surface area contributed by atoms with Crippen LogP contribution in [0.3, 0.4) is 0 Å². The van der Waals surface area contributed by atoms with Crippen molar-refractivity contribution in [3.63, 3.8) is 0 Å². The highest BCUT2D eigenvalue weighted by atomic mass is 35.5. The van der Waals surface area contributed by atoms with Gasteiger partial charge in [0.25, 0.3) is 6.43 Å². The number of aliphatic carboxylic acids is 1. The largest absolute Gasteiger partial charge is 0.481 e. The van der Waals surface area contributed by atoms with Gasteiger partial charge >= 0.3 is 5.97 Å². The molecule has 1 aromatic heterocycles. The smallest absolute Gasteiger partial charge is 0.307 e. The fourth-order valence-electron chi connectivity index (χ4n) is 0.969. The first-order chi connectivity index (χ1) is 6.91. The van der Waals surface area contributed by atoms with E-state index in [-0.39, 0.29) is 0 Å². The molecule has 0 radical (unpaired) electrons. The van der Waals surface area contributed by atoms with Crippen molar-refractivity contribution in [2.24, 2.45) is 0 Å². The maximum Gasteiger partial charge on any atom is 0.307 e. The van der Waals surface area contributed by atoms with Gasteiger partial charge in [-0.15, -0.1) is 0 Å². The summed E-state index contributed by atoms with van der Waals surface area (Å²) in [6.45, 7) is 0. The van der Waals surface area contributed by atoms with Gasteiger partial charge in [-0.25, -0.2) is 13.8 Å². The monoisotopic (exact) mass is 239 g/mol. The number of alkyl halides is 2. The molecule has 0 amide bonds. The minimum absolute atomic E-state index is 0.415. The molecule has 1 N–H and O–H groups in total. The predicted octanol–water partition coefficient (Wildman–Crippen LogP) is 2.44. The summed E-state index contributed by atoms with van der Waals surface area (Å²) in [6.07, 6.45) is -3.63. The molecule has 0 saturated carbocycles. The van der Waals surface area contributed by atoms with Crippen molar-refractivity contribution in [3.8, 4) is 0 Å². The molecule has 0 fully saturated rings. The third kappa shape index (κ3) is 2.82. The average molecular weight is 240 g/mol. The molecule has 82 valence electrons. The molecule has 1 aromatic rings. The lowest BCUT2D eigenvalue weighted by Crippen LogP contribution is -2.06. The van der Waals surface area contributed by atoms with E-state index in [2.05, 4.69) is 4.98 Å². The van der Waals surface area contributed by atoms with E-state index in [1.54, 1.807) is 0 Å². The SMILES string of the molecule is O=C(O)Cc1cc(C(F)F)c(Cl)nc1F. The number of carbonyl (C=O) groups is 1. The molecule has 7 heteroatoms. The molecule has 0 unspecified atom stereocenters. The molecule has 0 aliphatic rings. The number of rotatable bonds is 3. The molecule has 1 rings (SSSR count). The van der Waals surface area contributed by atoms with Gasteiger partial charge in [0.1, 0.15) is 5.15 Å². The summed E-state index contributed by atoms with van der Waals surface area (Å²) in [5.74, 6) is -2.48. The molecule has 1 heterocycles. The Labute approximate surface area is 87.5 Å². The highest BCUT2D eigenvalue weighted by molar-refractivity contribution is 6.30. The van der Waals surface area contributed by atoms with Gasteiger partial charge in [0, 0.05) is 5.56 Å². The molecule has 3 nitrogen and oxygen atoms in total. The summed E-state index contributed by atoms with van der Waals surface area (Å²) in [5, 5.41) is 7.72. The van der Waals surface area contributed by atoms with Crippen LogP contribution in [0, 0.1) is 5.95 Å². The fourth-order valence-corrected chi connectivity index (χ4v) is 1.18. The zero-order valence-electron chi connectivity index (χ0n) is 7.18. The van der Waals surface area contributed by atoms with Crippen LogP contribution in [0.1, 0.15) is 17.6 Å². The van der Waals surface area contributed by atoms with Crippen LogP contribution in [0.5, 0.6) is 0 Å². The Morgan fingerprint density at radius 3 is 2.67 bits per heavy atom. The Morgan fingerprint density at radius 1 is 1.60 bits per heavy atom. The number of hydrogen-bond acceptors (Lipinski definition) is 2. The van der Waals surface area contributed by atoms with Crippen molar-refractivity contribution in [2.75, 3.05) is 0 Å². The number of nitrogens with zero attached hydrogens (tertiary/aromatic N) is 1. The zero-order valence-corrected chi connectivity index (χ0v) is 7.93. The minimum atomic E-state index is -2.92. The van der Waals surface area contributed by atoms with Crippen LogP contribution in [0.2, 0.25) is 5.15 Å². The maximum atomic E-state index is 13.0. The molecule has 0 aliphatic carbocycles. The van der Waals surface area contributed by atoms with Crippen molar-refractivity contribution in [1.29, 1.82) is 0 Å². The first kappa shape index (κ1) is 11.8. The van der Waals surface area contributed by atoms with E-state index in [4.69, 9.17) is 16.7 Å². The number of carboxylic acid groups (broad SMARTS) is 1. The van der Waals surface area contributed by atoms with Crippen LogP contribution in [0.15, 0.2) is 6.07 Å². The number of halogens is 4. The van der Waals surface area contributed by atoms with Crippen molar-refractivity contribution < 1.29 is 23.1 Å². The first-order valence-electron chi connectivity index (χ1n) is 3.76. The predicted molar refractivity (Wildman–Crippen MR) is 45.5 cm³/mol. The summed E-state index contributed by atoms with van der Waals surface area (Å²) in [4.78, 5) is 13.3. The van der Waals surface area contributed by atoms with Crippen LogP contribution in [0.25, 0.3) is 0 Å². The minimum Gasteiger partial charge on any atom is -0.481 e. The Morgan fingerprint density at radius 2 is 2.20 bits per heavy atom. The van der Waals surface area contributed by atoms with E-state index in [9.17, 15) is 18.0 Å². The summed E-state index contributed by atoms with van der Waals surface area (Å²) in [6, 6.07) is 0.712. The molecule has 0 saturated heterocycles. The topological polar surface area (TPSA) is 50.2 Å². The van der Waals surface area contributed by atoms with E-state index in [0.29, 0.717) is 6.07 Å². The lowest BCUT2D eigenvalue weighted by molar-refractivity contribution is -0.136. The van der Waals surface area contributed by atoms with Gasteiger partial charge in [-0.3, -0.25) is 4.79 Å². The van der Waals surface area contributed by atoms with Crippen molar-refractivity contribution in [3.05, 3.63) is 28.3 Å². The highest BCUT2D eigenvalue weighted by Crippen LogP contribution is 2.27. The third-order valence-electron chi connectivity index (χ3n) is 1.61. The molecule has 0 aromatic carbocycles. The Kier molecular flexibility index (Phi) is 3.52. The highest BCUT2D eigenvalue weighted by Gasteiger charge is 2.18. The van der Waals surface area contributed by atoms with Crippen molar-refractivity contribution >= 4 is 17.6 Å². The quantitative estimate of drug-likeness (QED) is 0.824. The lowest BCUT2D eigenvalue weighted by Gasteiger charge is -2.05. The molecule has 0 bridgehead atoms. The van der Waals surface area contributed by atoms with E-state index in [0.717, 1.165) is 0 Å². The van der Waals surface area contributed by atoms with E-state index in [1.807, 2.05) is 0 Å². The van der Waals surface area contributed by atoms with Gasteiger partial charge in [0.05, 0.1) is 12.0 Å². The van der Waals surface area contributed by atoms with E-state index in [1.165, 1.54) is 0 Å². The van der Waals surface area contributed by atoms with Crippen LogP contribution < -0.4 is 0 Å². The third-order valence-corrected chi connectivity index (χ3v) is 1.91. The van der Waals surface area contributed by atoms with E-state index >= 15 is 0 Å². The summed E-state index contributed by atoms with van der Waals surface area (Å²) in [7, 11) is 0. The van der Waals surface area contributed by atoms with Gasteiger partial charge in [0.15, 0.2) is 0 Å². The van der Waals surface area contributed by atoms with Crippen LogP contribution >= 0.6 is 11.6 Å².